The molecule has 0 amide bonds. The van der Waals surface area contributed by atoms with Crippen LogP contribution in [0.25, 0.3) is 0 Å². The normalized spacial score (nSPS) is 10.9. The smallest absolute Gasteiger partial charge is 0.181 e. The molecule has 6 heteroatoms. The molecule has 0 spiro atoms. The number of azo groups is 1. The van der Waals surface area contributed by atoms with Crippen molar-refractivity contribution in [2.75, 3.05) is 0 Å². The van der Waals surface area contributed by atoms with Gasteiger partial charge < -0.3 is 0 Å². The fraction of sp³-hybridized carbons (Fsp3) is 0.125. The van der Waals surface area contributed by atoms with Gasteiger partial charge in [-0.25, -0.2) is 0 Å². The van der Waals surface area contributed by atoms with Crippen molar-refractivity contribution in [1.29, 1.82) is 0 Å². The summed E-state index contributed by atoms with van der Waals surface area (Å²) in [4.78, 5) is 0. The van der Waals surface area contributed by atoms with Gasteiger partial charge in [0, 0.05) is 0 Å². The van der Waals surface area contributed by atoms with E-state index in [0.29, 0.717) is 6.54 Å². The number of tetrazole rings is 1. The second-order valence-corrected chi connectivity index (χ2v) is 2.60. The van der Waals surface area contributed by atoms with Crippen LogP contribution < -0.4 is 0 Å². The molecule has 0 fully saturated rings. The van der Waals surface area contributed by atoms with E-state index in [-0.39, 0.29) is 5.95 Å². The molecule has 0 saturated heterocycles. The standard InChI is InChI=1S/C8H8N6/c1-2-4-7(5-3-1)6-9-10-8-11-13-14-12-8/h1-5H,6H2,(H,11,12,13,14). The minimum atomic E-state index is 0.251. The maximum Gasteiger partial charge on any atom is 0.307 e. The number of hydrogen-bond donors (Lipinski definition) is 1. The van der Waals surface area contributed by atoms with Crippen molar-refractivity contribution in [1.82, 2.24) is 20.6 Å². The van der Waals surface area contributed by atoms with Gasteiger partial charge in [-0.15, -0.1) is 10.2 Å². The summed E-state index contributed by atoms with van der Waals surface area (Å²) in [6.07, 6.45) is 0. The quantitative estimate of drug-likeness (QED) is 0.741. The third-order valence-electron chi connectivity index (χ3n) is 1.59. The summed E-state index contributed by atoms with van der Waals surface area (Å²) in [6, 6.07) is 9.84. The van der Waals surface area contributed by atoms with E-state index in [1.807, 2.05) is 30.3 Å². The fourth-order valence-corrected chi connectivity index (χ4v) is 0.963. The molecule has 1 aromatic carbocycles. The molecule has 0 radical (unpaired) electrons. The largest absolute Gasteiger partial charge is 0.307 e. The minimum Gasteiger partial charge on any atom is -0.181 e. The number of rotatable bonds is 3. The molecule has 0 bridgehead atoms. The van der Waals surface area contributed by atoms with E-state index >= 15 is 0 Å². The van der Waals surface area contributed by atoms with Crippen LogP contribution in [0, 0.1) is 0 Å². The molecule has 0 aliphatic heterocycles. The molecule has 0 aliphatic carbocycles. The summed E-state index contributed by atoms with van der Waals surface area (Å²) < 4.78 is 0. The highest BCUT2D eigenvalue weighted by atomic mass is 15.5. The van der Waals surface area contributed by atoms with Crippen molar-refractivity contribution in [2.45, 2.75) is 6.54 Å². The fourth-order valence-electron chi connectivity index (χ4n) is 0.963. The van der Waals surface area contributed by atoms with E-state index in [2.05, 4.69) is 30.9 Å². The number of nitrogens with zero attached hydrogens (tertiary/aromatic N) is 5. The number of aromatic amines is 1. The molecule has 1 N–H and O–H groups in total. The lowest BCUT2D eigenvalue weighted by Gasteiger charge is -1.91. The van der Waals surface area contributed by atoms with E-state index < -0.39 is 0 Å². The van der Waals surface area contributed by atoms with Crippen LogP contribution in [0.4, 0.5) is 5.95 Å². The second kappa shape index (κ2) is 4.22. The number of hydrogen-bond acceptors (Lipinski definition) is 5. The number of nitrogens with one attached hydrogen (secondary N) is 1. The Morgan fingerprint density at radius 1 is 1.21 bits per heavy atom. The van der Waals surface area contributed by atoms with E-state index in [4.69, 9.17) is 0 Å². The average molecular weight is 188 g/mol. The van der Waals surface area contributed by atoms with Gasteiger partial charge >= 0.3 is 5.95 Å². The van der Waals surface area contributed by atoms with E-state index in [1.165, 1.54) is 0 Å². The summed E-state index contributed by atoms with van der Waals surface area (Å²) in [5, 5.41) is 20.6. The third kappa shape index (κ3) is 2.19. The minimum absolute atomic E-state index is 0.251. The van der Waals surface area contributed by atoms with Crippen LogP contribution in [0.5, 0.6) is 0 Å². The summed E-state index contributed by atoms with van der Waals surface area (Å²) in [5.74, 6) is 0.251. The van der Waals surface area contributed by atoms with Gasteiger partial charge in [-0.1, -0.05) is 35.4 Å². The zero-order valence-electron chi connectivity index (χ0n) is 7.33. The highest BCUT2D eigenvalue weighted by Gasteiger charge is 1.92. The zero-order valence-corrected chi connectivity index (χ0v) is 7.33. The molecular weight excluding hydrogens is 180 g/mol. The van der Waals surface area contributed by atoms with Gasteiger partial charge in [0.15, 0.2) is 0 Å². The predicted molar refractivity (Wildman–Crippen MR) is 48.8 cm³/mol. The maximum atomic E-state index is 3.92. The Morgan fingerprint density at radius 3 is 2.79 bits per heavy atom. The zero-order chi connectivity index (χ0) is 9.64. The van der Waals surface area contributed by atoms with Crippen molar-refractivity contribution >= 4 is 5.95 Å². The molecule has 14 heavy (non-hydrogen) atoms. The van der Waals surface area contributed by atoms with E-state index in [1.54, 1.807) is 0 Å². The van der Waals surface area contributed by atoms with Crippen molar-refractivity contribution < 1.29 is 0 Å². The first-order chi connectivity index (χ1) is 6.95. The van der Waals surface area contributed by atoms with Crippen molar-refractivity contribution in [3.05, 3.63) is 35.9 Å². The van der Waals surface area contributed by atoms with Crippen LogP contribution >= 0.6 is 0 Å². The highest BCUT2D eigenvalue weighted by molar-refractivity contribution is 5.14. The Hall–Kier alpha value is -2.11. The molecule has 1 heterocycles. The van der Waals surface area contributed by atoms with Crippen LogP contribution in [0.1, 0.15) is 5.56 Å². The Bertz CT molecular complexity index is 393. The van der Waals surface area contributed by atoms with Crippen LogP contribution in [0.2, 0.25) is 0 Å². The lowest BCUT2D eigenvalue weighted by Crippen LogP contribution is -1.77. The first-order valence-corrected chi connectivity index (χ1v) is 4.10. The number of H-pyrrole nitrogens is 1. The molecule has 6 nitrogen and oxygen atoms in total. The third-order valence-corrected chi connectivity index (χ3v) is 1.59. The summed E-state index contributed by atoms with van der Waals surface area (Å²) in [5.41, 5.74) is 1.10. The molecule has 0 aliphatic rings. The summed E-state index contributed by atoms with van der Waals surface area (Å²) in [7, 11) is 0. The van der Waals surface area contributed by atoms with Gasteiger partial charge in [-0.2, -0.15) is 10.3 Å². The Kier molecular flexibility index (Phi) is 2.56. The average Bonchev–Trinajstić information content (AvgIpc) is 2.72. The van der Waals surface area contributed by atoms with Crippen molar-refractivity contribution in [3.8, 4) is 0 Å². The summed E-state index contributed by atoms with van der Waals surface area (Å²) in [6.45, 7) is 0.523. The van der Waals surface area contributed by atoms with Gasteiger partial charge in [0.05, 0.1) is 6.54 Å². The van der Waals surface area contributed by atoms with Gasteiger partial charge in [-0.3, -0.25) is 0 Å². The molecular formula is C8H8N6. The SMILES string of the molecule is c1ccc(CN=Nc2nn[nH]n2)cc1. The Balaban J connectivity index is 1.95. The second-order valence-electron chi connectivity index (χ2n) is 2.60. The first-order valence-electron chi connectivity index (χ1n) is 4.10. The molecule has 0 saturated carbocycles. The van der Waals surface area contributed by atoms with Gasteiger partial charge in [0.1, 0.15) is 0 Å². The molecule has 0 atom stereocenters. The van der Waals surface area contributed by atoms with Crippen LogP contribution in [0.3, 0.4) is 0 Å². The molecule has 0 unspecified atom stereocenters. The van der Waals surface area contributed by atoms with Crippen LogP contribution in [-0.4, -0.2) is 20.6 Å². The number of aromatic nitrogens is 4. The highest BCUT2D eigenvalue weighted by Crippen LogP contribution is 2.03. The lowest BCUT2D eigenvalue weighted by molar-refractivity contribution is 0.881. The Morgan fingerprint density at radius 2 is 2.07 bits per heavy atom. The lowest BCUT2D eigenvalue weighted by atomic mass is 10.2. The molecule has 2 aromatic rings. The molecule has 70 valence electrons. The monoisotopic (exact) mass is 188 g/mol. The summed E-state index contributed by atoms with van der Waals surface area (Å²) >= 11 is 0. The van der Waals surface area contributed by atoms with Crippen LogP contribution in [0.15, 0.2) is 40.6 Å². The van der Waals surface area contributed by atoms with Gasteiger partial charge in [-0.05, 0) is 10.8 Å². The first kappa shape index (κ1) is 8.49. The molecule has 2 rings (SSSR count). The number of benzene rings is 1. The van der Waals surface area contributed by atoms with E-state index in [9.17, 15) is 0 Å². The Labute approximate surface area is 80.1 Å². The van der Waals surface area contributed by atoms with E-state index in [0.717, 1.165) is 5.56 Å². The van der Waals surface area contributed by atoms with Crippen LogP contribution in [-0.2, 0) is 6.54 Å². The topological polar surface area (TPSA) is 79.2 Å². The predicted octanol–water partition coefficient (Wildman–Crippen LogP) is 1.48. The maximum absolute atomic E-state index is 3.92. The molecule has 1 aromatic heterocycles. The van der Waals surface area contributed by atoms with Crippen molar-refractivity contribution in [2.24, 2.45) is 10.2 Å². The van der Waals surface area contributed by atoms with Gasteiger partial charge in [0.2, 0.25) is 0 Å². The van der Waals surface area contributed by atoms with Crippen molar-refractivity contribution in [3.63, 3.8) is 0 Å². The van der Waals surface area contributed by atoms with Gasteiger partial charge in [0.25, 0.3) is 0 Å².